The van der Waals surface area contributed by atoms with Gasteiger partial charge in [-0.15, -0.1) is 0 Å². The van der Waals surface area contributed by atoms with E-state index in [-0.39, 0.29) is 5.97 Å². The first-order valence-corrected chi connectivity index (χ1v) is 6.87. The van der Waals surface area contributed by atoms with Gasteiger partial charge in [0.25, 0.3) is 0 Å². The van der Waals surface area contributed by atoms with Crippen LogP contribution in [-0.2, 0) is 4.74 Å². The number of aryl methyl sites for hydroxylation is 1. The van der Waals surface area contributed by atoms with Crippen molar-refractivity contribution in [2.75, 3.05) is 17.7 Å². The van der Waals surface area contributed by atoms with Crippen molar-refractivity contribution in [3.63, 3.8) is 0 Å². The van der Waals surface area contributed by atoms with Crippen molar-refractivity contribution < 1.29 is 9.53 Å². The summed E-state index contributed by atoms with van der Waals surface area (Å²) in [6.07, 6.45) is 2.49. The van der Waals surface area contributed by atoms with Crippen LogP contribution in [0.1, 0.15) is 29.3 Å². The minimum Gasteiger partial charge on any atom is -0.462 e. The molecule has 1 aromatic heterocycles. The van der Waals surface area contributed by atoms with Gasteiger partial charge in [-0.05, 0) is 43.2 Å². The molecule has 0 saturated heterocycles. The van der Waals surface area contributed by atoms with Gasteiger partial charge in [0.05, 0.1) is 17.9 Å². The fourth-order valence-electron chi connectivity index (χ4n) is 1.81. The van der Waals surface area contributed by atoms with Gasteiger partial charge in [-0.2, -0.15) is 0 Å². The topological polar surface area (TPSA) is 77.2 Å². The van der Waals surface area contributed by atoms with Crippen LogP contribution in [0.2, 0.25) is 0 Å². The highest BCUT2D eigenvalue weighted by Gasteiger charge is 2.09. The number of nitrogens with one attached hydrogen (secondary N) is 1. The number of esters is 1. The Morgan fingerprint density at radius 3 is 2.95 bits per heavy atom. The van der Waals surface area contributed by atoms with Crippen LogP contribution in [0.5, 0.6) is 0 Å². The van der Waals surface area contributed by atoms with E-state index in [1.54, 1.807) is 24.4 Å². The molecule has 1 heterocycles. The first-order chi connectivity index (χ1) is 10.1. The van der Waals surface area contributed by atoms with Gasteiger partial charge in [-0.3, -0.25) is 0 Å². The number of hydrogen-bond donors (Lipinski definition) is 2. The van der Waals surface area contributed by atoms with Gasteiger partial charge in [-0.1, -0.05) is 13.0 Å². The molecule has 2 aromatic rings. The van der Waals surface area contributed by atoms with E-state index >= 15 is 0 Å². The van der Waals surface area contributed by atoms with Crippen LogP contribution in [0.3, 0.4) is 0 Å². The fourth-order valence-corrected chi connectivity index (χ4v) is 1.81. The number of benzene rings is 1. The Labute approximate surface area is 124 Å². The Balaban J connectivity index is 2.18. The highest BCUT2D eigenvalue weighted by Crippen LogP contribution is 2.23. The Kier molecular flexibility index (Phi) is 4.77. The van der Waals surface area contributed by atoms with Gasteiger partial charge in [0.2, 0.25) is 0 Å². The molecule has 2 rings (SSSR count). The Morgan fingerprint density at radius 2 is 2.19 bits per heavy atom. The van der Waals surface area contributed by atoms with Crippen LogP contribution in [0.4, 0.5) is 17.2 Å². The lowest BCUT2D eigenvalue weighted by atomic mass is 10.2. The zero-order chi connectivity index (χ0) is 15.2. The molecule has 5 heteroatoms. The smallest absolute Gasteiger partial charge is 0.338 e. The molecule has 110 valence electrons. The lowest BCUT2D eigenvalue weighted by Crippen LogP contribution is -2.06. The third-order valence-electron chi connectivity index (χ3n) is 3.01. The number of anilines is 3. The van der Waals surface area contributed by atoms with Crippen molar-refractivity contribution in [3.8, 4) is 0 Å². The summed E-state index contributed by atoms with van der Waals surface area (Å²) in [5.41, 5.74) is 8.76. The van der Waals surface area contributed by atoms with Gasteiger partial charge in [0, 0.05) is 11.9 Å². The first-order valence-electron chi connectivity index (χ1n) is 6.87. The maximum Gasteiger partial charge on any atom is 0.338 e. The van der Waals surface area contributed by atoms with E-state index in [4.69, 9.17) is 10.5 Å². The Morgan fingerprint density at radius 1 is 1.38 bits per heavy atom. The second kappa shape index (κ2) is 6.74. The van der Waals surface area contributed by atoms with Crippen molar-refractivity contribution in [1.82, 2.24) is 4.98 Å². The summed E-state index contributed by atoms with van der Waals surface area (Å²) < 4.78 is 5.12. The van der Waals surface area contributed by atoms with Crippen molar-refractivity contribution >= 4 is 23.2 Å². The van der Waals surface area contributed by atoms with Gasteiger partial charge in [-0.25, -0.2) is 9.78 Å². The minimum atomic E-state index is -0.328. The quantitative estimate of drug-likeness (QED) is 0.824. The third kappa shape index (κ3) is 3.72. The molecular formula is C16H19N3O2. The molecule has 0 bridgehead atoms. The molecule has 3 N–H and O–H groups in total. The van der Waals surface area contributed by atoms with Crippen molar-refractivity contribution in [2.24, 2.45) is 0 Å². The fraction of sp³-hybridized carbons (Fsp3) is 0.250. The lowest BCUT2D eigenvalue weighted by molar-refractivity contribution is 0.0505. The van der Waals surface area contributed by atoms with E-state index in [0.717, 1.165) is 17.7 Å². The molecule has 0 aliphatic rings. The zero-order valence-electron chi connectivity index (χ0n) is 12.2. The number of rotatable bonds is 5. The van der Waals surface area contributed by atoms with E-state index in [1.807, 2.05) is 26.0 Å². The molecule has 0 radical (unpaired) electrons. The van der Waals surface area contributed by atoms with Crippen molar-refractivity contribution in [3.05, 3.63) is 47.7 Å². The lowest BCUT2D eigenvalue weighted by Gasteiger charge is -2.11. The van der Waals surface area contributed by atoms with Crippen molar-refractivity contribution in [1.29, 1.82) is 0 Å². The predicted octanol–water partition coefficient (Wildman–Crippen LogP) is 3.28. The standard InChI is InChI=1S/C16H19N3O2/c1-3-9-21-16(20)12-5-4-6-13(10-12)19-15-14(17)11(2)7-8-18-15/h4-8,10H,3,9,17H2,1-2H3,(H,18,19). The maximum absolute atomic E-state index is 11.8. The molecule has 0 unspecified atom stereocenters. The van der Waals surface area contributed by atoms with Crippen LogP contribution in [-0.4, -0.2) is 17.6 Å². The van der Waals surface area contributed by atoms with Gasteiger partial charge >= 0.3 is 5.97 Å². The number of nitrogens with two attached hydrogens (primary N) is 1. The number of pyridine rings is 1. The number of ether oxygens (including phenoxy) is 1. The number of carbonyl (C=O) groups is 1. The molecule has 0 aliphatic heterocycles. The molecule has 1 aromatic carbocycles. The average Bonchev–Trinajstić information content (AvgIpc) is 2.50. The molecule has 0 aliphatic carbocycles. The molecule has 0 saturated carbocycles. The predicted molar refractivity (Wildman–Crippen MR) is 83.7 cm³/mol. The van der Waals surface area contributed by atoms with Crippen LogP contribution in [0.25, 0.3) is 0 Å². The molecule has 21 heavy (non-hydrogen) atoms. The summed E-state index contributed by atoms with van der Waals surface area (Å²) in [7, 11) is 0. The summed E-state index contributed by atoms with van der Waals surface area (Å²) in [4.78, 5) is 16.0. The number of hydrogen-bond acceptors (Lipinski definition) is 5. The van der Waals surface area contributed by atoms with Crippen molar-refractivity contribution in [2.45, 2.75) is 20.3 Å². The highest BCUT2D eigenvalue weighted by molar-refractivity contribution is 5.90. The maximum atomic E-state index is 11.8. The number of carbonyl (C=O) groups excluding carboxylic acids is 1. The summed E-state index contributed by atoms with van der Waals surface area (Å²) in [6.45, 7) is 4.29. The highest BCUT2D eigenvalue weighted by atomic mass is 16.5. The van der Waals surface area contributed by atoms with E-state index in [9.17, 15) is 4.79 Å². The van der Waals surface area contributed by atoms with Gasteiger partial charge < -0.3 is 15.8 Å². The van der Waals surface area contributed by atoms with E-state index in [2.05, 4.69) is 10.3 Å². The molecule has 0 fully saturated rings. The number of aromatic nitrogens is 1. The van der Waals surface area contributed by atoms with Crippen LogP contribution < -0.4 is 11.1 Å². The normalized spacial score (nSPS) is 10.2. The van der Waals surface area contributed by atoms with E-state index in [0.29, 0.717) is 23.7 Å². The molecular weight excluding hydrogens is 266 g/mol. The first kappa shape index (κ1) is 14.8. The van der Waals surface area contributed by atoms with Crippen LogP contribution in [0, 0.1) is 6.92 Å². The second-order valence-electron chi connectivity index (χ2n) is 4.73. The monoisotopic (exact) mass is 285 g/mol. The summed E-state index contributed by atoms with van der Waals surface area (Å²) in [5, 5.41) is 3.12. The minimum absolute atomic E-state index is 0.328. The SMILES string of the molecule is CCCOC(=O)c1cccc(Nc2nccc(C)c2N)c1. The molecule has 0 amide bonds. The zero-order valence-corrected chi connectivity index (χ0v) is 12.2. The summed E-state index contributed by atoms with van der Waals surface area (Å²) in [6, 6.07) is 8.92. The Bertz CT molecular complexity index is 641. The van der Waals surface area contributed by atoms with Gasteiger partial charge in [0.15, 0.2) is 5.82 Å². The van der Waals surface area contributed by atoms with Crippen LogP contribution in [0.15, 0.2) is 36.5 Å². The van der Waals surface area contributed by atoms with Crippen LogP contribution >= 0.6 is 0 Å². The molecule has 5 nitrogen and oxygen atoms in total. The Hall–Kier alpha value is -2.56. The number of nitrogen functional groups attached to an aromatic ring is 1. The van der Waals surface area contributed by atoms with Gasteiger partial charge in [0.1, 0.15) is 0 Å². The van der Waals surface area contributed by atoms with E-state index in [1.165, 1.54) is 0 Å². The summed E-state index contributed by atoms with van der Waals surface area (Å²) in [5.74, 6) is 0.250. The third-order valence-corrected chi connectivity index (χ3v) is 3.01. The second-order valence-corrected chi connectivity index (χ2v) is 4.73. The summed E-state index contributed by atoms with van der Waals surface area (Å²) >= 11 is 0. The number of nitrogens with zero attached hydrogens (tertiary/aromatic N) is 1. The molecule has 0 atom stereocenters. The molecule has 0 spiro atoms. The average molecular weight is 285 g/mol. The van der Waals surface area contributed by atoms with E-state index < -0.39 is 0 Å². The largest absolute Gasteiger partial charge is 0.462 e.